The van der Waals surface area contributed by atoms with E-state index >= 15 is 0 Å². The zero-order chi connectivity index (χ0) is 12.4. The Morgan fingerprint density at radius 3 is 2.19 bits per heavy atom. The molecule has 0 rings (SSSR count). The van der Waals surface area contributed by atoms with Gasteiger partial charge in [-0.3, -0.25) is 4.90 Å². The van der Waals surface area contributed by atoms with Gasteiger partial charge in [-0.05, 0) is 32.7 Å². The van der Waals surface area contributed by atoms with Crippen LogP contribution in [0.1, 0.15) is 47.0 Å². The number of nitrogens with two attached hydrogens (primary N) is 1. The van der Waals surface area contributed by atoms with Crippen LogP contribution in [0.3, 0.4) is 0 Å². The van der Waals surface area contributed by atoms with Crippen LogP contribution in [-0.2, 0) is 4.74 Å². The summed E-state index contributed by atoms with van der Waals surface area (Å²) >= 11 is 0. The number of hydrogen-bond acceptors (Lipinski definition) is 3. The average Bonchev–Trinajstić information content (AvgIpc) is 2.32. The molecule has 0 aliphatic rings. The molecule has 1 unspecified atom stereocenters. The third kappa shape index (κ3) is 5.28. The van der Waals surface area contributed by atoms with Gasteiger partial charge in [0, 0.05) is 25.2 Å². The summed E-state index contributed by atoms with van der Waals surface area (Å²) < 4.78 is 5.56. The van der Waals surface area contributed by atoms with Crippen molar-refractivity contribution in [3.05, 3.63) is 0 Å². The van der Waals surface area contributed by atoms with Gasteiger partial charge in [-0.25, -0.2) is 0 Å². The van der Waals surface area contributed by atoms with Crippen molar-refractivity contribution in [2.75, 3.05) is 32.8 Å². The number of ether oxygens (including phenoxy) is 1. The Bertz CT molecular complexity index is 158. The van der Waals surface area contributed by atoms with Gasteiger partial charge in [-0.1, -0.05) is 20.8 Å². The van der Waals surface area contributed by atoms with Crippen LogP contribution < -0.4 is 5.73 Å². The first-order valence-corrected chi connectivity index (χ1v) is 6.67. The molecule has 0 spiro atoms. The van der Waals surface area contributed by atoms with Gasteiger partial charge >= 0.3 is 0 Å². The summed E-state index contributed by atoms with van der Waals surface area (Å²) in [5.41, 5.74) is 6.03. The fourth-order valence-electron chi connectivity index (χ4n) is 1.84. The number of rotatable bonds is 10. The van der Waals surface area contributed by atoms with Crippen molar-refractivity contribution in [3.8, 4) is 0 Å². The summed E-state index contributed by atoms with van der Waals surface area (Å²) in [5.74, 6) is 0. The highest BCUT2D eigenvalue weighted by molar-refractivity contribution is 4.85. The van der Waals surface area contributed by atoms with E-state index < -0.39 is 0 Å². The van der Waals surface area contributed by atoms with E-state index in [1.807, 2.05) is 0 Å². The van der Waals surface area contributed by atoms with Gasteiger partial charge in [0.25, 0.3) is 0 Å². The van der Waals surface area contributed by atoms with Crippen LogP contribution in [0.15, 0.2) is 0 Å². The Balaban J connectivity index is 4.13. The Hall–Kier alpha value is -0.120. The fraction of sp³-hybridized carbons (Fsp3) is 1.00. The highest BCUT2D eigenvalue weighted by atomic mass is 16.5. The summed E-state index contributed by atoms with van der Waals surface area (Å²) in [6, 6.07) is 0. The van der Waals surface area contributed by atoms with E-state index in [-0.39, 0.29) is 5.54 Å². The quantitative estimate of drug-likeness (QED) is 0.585. The minimum absolute atomic E-state index is 0.131. The molecule has 0 aromatic carbocycles. The lowest BCUT2D eigenvalue weighted by atomic mass is 9.96. The van der Waals surface area contributed by atoms with Crippen LogP contribution in [0.4, 0.5) is 0 Å². The molecule has 0 aromatic heterocycles. The Labute approximate surface area is 101 Å². The van der Waals surface area contributed by atoms with Crippen molar-refractivity contribution in [2.24, 2.45) is 5.73 Å². The van der Waals surface area contributed by atoms with Crippen molar-refractivity contribution < 1.29 is 4.74 Å². The zero-order valence-corrected chi connectivity index (χ0v) is 11.6. The summed E-state index contributed by atoms with van der Waals surface area (Å²) in [4.78, 5) is 2.47. The third-order valence-electron chi connectivity index (χ3n) is 3.31. The molecule has 3 nitrogen and oxygen atoms in total. The molecule has 1 atom stereocenters. The largest absolute Gasteiger partial charge is 0.380 e. The maximum atomic E-state index is 5.90. The summed E-state index contributed by atoms with van der Waals surface area (Å²) in [5, 5.41) is 0. The zero-order valence-electron chi connectivity index (χ0n) is 11.6. The van der Waals surface area contributed by atoms with Crippen molar-refractivity contribution in [3.63, 3.8) is 0 Å². The van der Waals surface area contributed by atoms with Crippen molar-refractivity contribution in [2.45, 2.75) is 52.5 Å². The van der Waals surface area contributed by atoms with Crippen LogP contribution in [0.25, 0.3) is 0 Å². The van der Waals surface area contributed by atoms with E-state index in [4.69, 9.17) is 10.5 Å². The number of nitrogens with zero attached hydrogens (tertiary/aromatic N) is 1. The third-order valence-corrected chi connectivity index (χ3v) is 3.31. The highest BCUT2D eigenvalue weighted by Crippen LogP contribution is 2.18. The summed E-state index contributed by atoms with van der Waals surface area (Å²) in [6.07, 6.45) is 3.36. The molecule has 0 aromatic rings. The van der Waals surface area contributed by atoms with Crippen molar-refractivity contribution >= 4 is 0 Å². The second kappa shape index (κ2) is 8.97. The first-order valence-electron chi connectivity index (χ1n) is 6.67. The van der Waals surface area contributed by atoms with E-state index in [1.165, 1.54) is 6.42 Å². The molecule has 0 bridgehead atoms. The molecule has 98 valence electrons. The van der Waals surface area contributed by atoms with Gasteiger partial charge < -0.3 is 10.5 Å². The molecule has 0 amide bonds. The van der Waals surface area contributed by atoms with Crippen molar-refractivity contribution in [1.82, 2.24) is 4.90 Å². The second-order valence-electron chi connectivity index (χ2n) is 4.65. The molecule has 3 heteroatoms. The minimum Gasteiger partial charge on any atom is -0.380 e. The molecule has 0 heterocycles. The monoisotopic (exact) mass is 230 g/mol. The van der Waals surface area contributed by atoms with E-state index in [0.717, 1.165) is 45.7 Å². The summed E-state index contributed by atoms with van der Waals surface area (Å²) in [6.45, 7) is 13.3. The molecule has 0 fully saturated rings. The SMILES string of the molecule is CCCOCCN(CCC)C(C)(CC)CN. The van der Waals surface area contributed by atoms with Crippen LogP contribution >= 0.6 is 0 Å². The molecule has 0 saturated carbocycles. The van der Waals surface area contributed by atoms with Crippen LogP contribution in [0.2, 0.25) is 0 Å². The van der Waals surface area contributed by atoms with Gasteiger partial charge in [-0.15, -0.1) is 0 Å². The molecular weight excluding hydrogens is 200 g/mol. The first-order chi connectivity index (χ1) is 7.64. The topological polar surface area (TPSA) is 38.5 Å². The predicted molar refractivity (Wildman–Crippen MR) is 70.7 cm³/mol. The Morgan fingerprint density at radius 1 is 1.06 bits per heavy atom. The average molecular weight is 230 g/mol. The van der Waals surface area contributed by atoms with E-state index in [1.54, 1.807) is 0 Å². The van der Waals surface area contributed by atoms with E-state index in [9.17, 15) is 0 Å². The predicted octanol–water partition coefficient (Wildman–Crippen LogP) is 2.25. The van der Waals surface area contributed by atoms with Gasteiger partial charge in [-0.2, -0.15) is 0 Å². The summed E-state index contributed by atoms with van der Waals surface area (Å²) in [7, 11) is 0. The molecule has 0 aliphatic carbocycles. The van der Waals surface area contributed by atoms with Gasteiger partial charge in [0.2, 0.25) is 0 Å². The molecule has 2 N–H and O–H groups in total. The highest BCUT2D eigenvalue weighted by Gasteiger charge is 2.27. The lowest BCUT2D eigenvalue weighted by molar-refractivity contribution is 0.0510. The normalized spacial score (nSPS) is 15.4. The lowest BCUT2D eigenvalue weighted by Gasteiger charge is -2.40. The molecule has 0 saturated heterocycles. The van der Waals surface area contributed by atoms with E-state index in [2.05, 4.69) is 32.6 Å². The maximum absolute atomic E-state index is 5.90. The molecule has 0 aliphatic heterocycles. The smallest absolute Gasteiger partial charge is 0.0593 e. The fourth-order valence-corrected chi connectivity index (χ4v) is 1.84. The molecule has 0 radical (unpaired) electrons. The first kappa shape index (κ1) is 15.9. The molecular formula is C13H30N2O. The lowest BCUT2D eigenvalue weighted by Crippen LogP contribution is -2.52. The maximum Gasteiger partial charge on any atom is 0.0593 e. The van der Waals surface area contributed by atoms with Gasteiger partial charge in [0.1, 0.15) is 0 Å². The minimum atomic E-state index is 0.131. The number of hydrogen-bond donors (Lipinski definition) is 1. The van der Waals surface area contributed by atoms with Crippen LogP contribution in [0.5, 0.6) is 0 Å². The van der Waals surface area contributed by atoms with Gasteiger partial charge in [0.15, 0.2) is 0 Å². The van der Waals surface area contributed by atoms with Crippen LogP contribution in [0, 0.1) is 0 Å². The second-order valence-corrected chi connectivity index (χ2v) is 4.65. The Morgan fingerprint density at radius 2 is 1.75 bits per heavy atom. The van der Waals surface area contributed by atoms with E-state index in [0.29, 0.717) is 0 Å². The Kier molecular flexibility index (Phi) is 8.90. The van der Waals surface area contributed by atoms with Gasteiger partial charge in [0.05, 0.1) is 6.61 Å². The van der Waals surface area contributed by atoms with Crippen molar-refractivity contribution in [1.29, 1.82) is 0 Å². The molecule has 16 heavy (non-hydrogen) atoms. The standard InChI is InChI=1S/C13H30N2O/c1-5-8-15(9-11-16-10-6-2)13(4,7-3)12-14/h5-12,14H2,1-4H3. The van der Waals surface area contributed by atoms with Crippen LogP contribution in [-0.4, -0.2) is 43.3 Å².